The van der Waals surface area contributed by atoms with E-state index in [2.05, 4.69) is 10.0 Å². The molecule has 9 heteroatoms. The first-order chi connectivity index (χ1) is 13.8. The van der Waals surface area contributed by atoms with Crippen molar-refractivity contribution in [3.05, 3.63) is 64.1 Å². The quantitative estimate of drug-likeness (QED) is 0.505. The molecule has 6 nitrogen and oxygen atoms in total. The molecule has 0 aliphatic heterocycles. The Balaban J connectivity index is 2.17. The summed E-state index contributed by atoms with van der Waals surface area (Å²) in [5, 5.41) is 3.01. The SMILES string of the molecule is CCOCCCNC(=O)[C@@H](Cc1ccccc1)NS(=O)(=O)c1cc(Cl)ccc1Cl. The largest absolute Gasteiger partial charge is 0.382 e. The number of hydrogen-bond donors (Lipinski definition) is 2. The third kappa shape index (κ3) is 7.60. The summed E-state index contributed by atoms with van der Waals surface area (Å²) in [6, 6.07) is 12.3. The van der Waals surface area contributed by atoms with E-state index < -0.39 is 22.0 Å². The van der Waals surface area contributed by atoms with Crippen molar-refractivity contribution in [1.82, 2.24) is 10.0 Å². The number of hydrogen-bond acceptors (Lipinski definition) is 4. The molecule has 0 aliphatic carbocycles. The third-order valence-corrected chi connectivity index (χ3v) is 6.24. The lowest BCUT2D eigenvalue weighted by Gasteiger charge is -2.19. The van der Waals surface area contributed by atoms with Gasteiger partial charge in [0.1, 0.15) is 10.9 Å². The minimum absolute atomic E-state index is 0.0254. The van der Waals surface area contributed by atoms with Gasteiger partial charge in [0.15, 0.2) is 0 Å². The van der Waals surface area contributed by atoms with Crippen LogP contribution in [0, 0.1) is 0 Å². The van der Waals surface area contributed by atoms with Gasteiger partial charge >= 0.3 is 0 Å². The number of halogens is 2. The molecule has 0 saturated heterocycles. The Labute approximate surface area is 181 Å². The number of carbonyl (C=O) groups is 1. The Hall–Kier alpha value is -1.64. The van der Waals surface area contributed by atoms with Crippen LogP contribution in [0.15, 0.2) is 53.4 Å². The Morgan fingerprint density at radius 2 is 1.86 bits per heavy atom. The Morgan fingerprint density at radius 3 is 2.55 bits per heavy atom. The van der Waals surface area contributed by atoms with Crippen molar-refractivity contribution in [3.63, 3.8) is 0 Å². The van der Waals surface area contributed by atoms with Gasteiger partial charge < -0.3 is 10.1 Å². The van der Waals surface area contributed by atoms with Crippen molar-refractivity contribution >= 4 is 39.1 Å². The van der Waals surface area contributed by atoms with Gasteiger partial charge in [-0.05, 0) is 43.5 Å². The fourth-order valence-electron chi connectivity index (χ4n) is 2.62. The summed E-state index contributed by atoms with van der Waals surface area (Å²) in [6.45, 7) is 3.39. The van der Waals surface area contributed by atoms with Crippen LogP contribution in [0.2, 0.25) is 10.0 Å². The molecule has 2 aromatic rings. The van der Waals surface area contributed by atoms with E-state index in [-0.39, 0.29) is 21.4 Å². The van der Waals surface area contributed by atoms with E-state index >= 15 is 0 Å². The zero-order valence-electron chi connectivity index (χ0n) is 16.0. The number of benzene rings is 2. The van der Waals surface area contributed by atoms with Crippen molar-refractivity contribution in [3.8, 4) is 0 Å². The summed E-state index contributed by atoms with van der Waals surface area (Å²) in [6.07, 6.45) is 0.820. The van der Waals surface area contributed by atoms with Crippen LogP contribution < -0.4 is 10.0 Å². The lowest BCUT2D eigenvalue weighted by atomic mass is 10.1. The smallest absolute Gasteiger partial charge is 0.242 e. The van der Waals surface area contributed by atoms with Crippen LogP contribution >= 0.6 is 23.2 Å². The highest BCUT2D eigenvalue weighted by molar-refractivity contribution is 7.89. The second-order valence-electron chi connectivity index (χ2n) is 6.28. The van der Waals surface area contributed by atoms with Gasteiger partial charge in [-0.15, -0.1) is 0 Å². The molecule has 2 N–H and O–H groups in total. The number of amides is 1. The molecule has 1 amide bonds. The first-order valence-electron chi connectivity index (χ1n) is 9.20. The van der Waals surface area contributed by atoms with Gasteiger partial charge in [-0.3, -0.25) is 4.79 Å². The Kier molecular flexibility index (Phi) is 9.39. The zero-order chi connectivity index (χ0) is 21.3. The molecule has 158 valence electrons. The van der Waals surface area contributed by atoms with E-state index in [1.165, 1.54) is 18.2 Å². The molecule has 2 aromatic carbocycles. The number of carbonyl (C=O) groups excluding carboxylic acids is 1. The lowest BCUT2D eigenvalue weighted by molar-refractivity contribution is -0.122. The number of rotatable bonds is 11. The number of nitrogens with one attached hydrogen (secondary N) is 2. The van der Waals surface area contributed by atoms with E-state index in [0.717, 1.165) is 5.56 Å². The van der Waals surface area contributed by atoms with Gasteiger partial charge in [-0.1, -0.05) is 53.5 Å². The highest BCUT2D eigenvalue weighted by Gasteiger charge is 2.27. The summed E-state index contributed by atoms with van der Waals surface area (Å²) in [7, 11) is -4.07. The molecular weight excluding hydrogens is 435 g/mol. The Morgan fingerprint density at radius 1 is 1.14 bits per heavy atom. The minimum Gasteiger partial charge on any atom is -0.382 e. The predicted molar refractivity (Wildman–Crippen MR) is 115 cm³/mol. The second kappa shape index (κ2) is 11.5. The molecule has 29 heavy (non-hydrogen) atoms. The molecule has 2 rings (SSSR count). The van der Waals surface area contributed by atoms with E-state index in [4.69, 9.17) is 27.9 Å². The highest BCUT2D eigenvalue weighted by atomic mass is 35.5. The monoisotopic (exact) mass is 458 g/mol. The van der Waals surface area contributed by atoms with Crippen LogP contribution in [-0.2, 0) is 26.0 Å². The standard InChI is InChI=1S/C20H24Cl2N2O4S/c1-2-28-12-6-11-23-20(25)18(13-15-7-4-3-5-8-15)24-29(26,27)19-14-16(21)9-10-17(19)22/h3-5,7-10,14,18,24H,2,6,11-13H2,1H3,(H,23,25)/t18-/m1/s1. The van der Waals surface area contributed by atoms with Gasteiger partial charge in [0.25, 0.3) is 0 Å². The predicted octanol–water partition coefficient (Wildman–Crippen LogP) is 3.43. The summed E-state index contributed by atoms with van der Waals surface area (Å²) < 4.78 is 33.5. The van der Waals surface area contributed by atoms with Crippen LogP contribution in [0.25, 0.3) is 0 Å². The molecule has 0 radical (unpaired) electrons. The maximum Gasteiger partial charge on any atom is 0.242 e. The summed E-state index contributed by atoms with van der Waals surface area (Å²) in [5.74, 6) is -0.424. The normalized spacial score (nSPS) is 12.5. The van der Waals surface area contributed by atoms with Crippen LogP contribution in [0.3, 0.4) is 0 Å². The molecule has 0 unspecified atom stereocenters. The lowest BCUT2D eigenvalue weighted by Crippen LogP contribution is -2.48. The summed E-state index contributed by atoms with van der Waals surface area (Å²) >= 11 is 12.0. The van der Waals surface area contributed by atoms with E-state index in [1.54, 1.807) is 0 Å². The highest BCUT2D eigenvalue weighted by Crippen LogP contribution is 2.25. The van der Waals surface area contributed by atoms with Gasteiger partial charge in [0, 0.05) is 24.8 Å². The third-order valence-electron chi connectivity index (χ3n) is 4.05. The van der Waals surface area contributed by atoms with Crippen LogP contribution in [0.1, 0.15) is 18.9 Å². The van der Waals surface area contributed by atoms with Crippen LogP contribution in [0.4, 0.5) is 0 Å². The molecule has 0 aromatic heterocycles. The average molecular weight is 459 g/mol. The molecule has 0 bridgehead atoms. The van der Waals surface area contributed by atoms with Gasteiger partial charge in [-0.2, -0.15) is 4.72 Å². The maximum atomic E-state index is 12.9. The van der Waals surface area contributed by atoms with Gasteiger partial charge in [-0.25, -0.2) is 8.42 Å². The first-order valence-corrected chi connectivity index (χ1v) is 11.4. The van der Waals surface area contributed by atoms with Crippen LogP contribution in [0.5, 0.6) is 0 Å². The van der Waals surface area contributed by atoms with Crippen molar-refractivity contribution < 1.29 is 17.9 Å². The fourth-order valence-corrected chi connectivity index (χ4v) is 4.58. The van der Waals surface area contributed by atoms with Crippen LogP contribution in [-0.4, -0.2) is 40.1 Å². The van der Waals surface area contributed by atoms with E-state index in [0.29, 0.717) is 26.2 Å². The van der Waals surface area contributed by atoms with Crippen molar-refractivity contribution in [2.75, 3.05) is 19.8 Å². The van der Waals surface area contributed by atoms with Crippen molar-refractivity contribution in [2.24, 2.45) is 0 Å². The average Bonchev–Trinajstić information content (AvgIpc) is 2.69. The summed E-state index contributed by atoms with van der Waals surface area (Å²) in [5.41, 5.74) is 0.821. The molecule has 0 spiro atoms. The van der Waals surface area contributed by atoms with Crippen molar-refractivity contribution in [1.29, 1.82) is 0 Å². The molecule has 0 heterocycles. The number of ether oxygens (including phenoxy) is 1. The molecular formula is C20H24Cl2N2O4S. The molecule has 0 saturated carbocycles. The number of sulfonamides is 1. The molecule has 0 fully saturated rings. The van der Waals surface area contributed by atoms with Gasteiger partial charge in [0.05, 0.1) is 5.02 Å². The maximum absolute atomic E-state index is 12.9. The summed E-state index contributed by atoms with van der Waals surface area (Å²) in [4.78, 5) is 12.5. The van der Waals surface area contributed by atoms with E-state index in [9.17, 15) is 13.2 Å². The fraction of sp³-hybridized carbons (Fsp3) is 0.350. The van der Waals surface area contributed by atoms with Gasteiger partial charge in [0.2, 0.25) is 15.9 Å². The van der Waals surface area contributed by atoms with Crippen molar-refractivity contribution in [2.45, 2.75) is 30.7 Å². The second-order valence-corrected chi connectivity index (χ2v) is 8.81. The Bertz CT molecular complexity index is 908. The topological polar surface area (TPSA) is 84.5 Å². The van der Waals surface area contributed by atoms with E-state index in [1.807, 2.05) is 37.3 Å². The first kappa shape index (κ1) is 23.6. The molecule has 0 aliphatic rings. The zero-order valence-corrected chi connectivity index (χ0v) is 18.4. The molecule has 1 atom stereocenters. The minimum atomic E-state index is -4.07.